The molecule has 0 aromatic heterocycles. The van der Waals surface area contributed by atoms with E-state index in [1.54, 1.807) is 6.92 Å². The molecule has 0 amide bonds. The number of hydrogen-bond acceptors (Lipinski definition) is 6. The van der Waals surface area contributed by atoms with Crippen molar-refractivity contribution in [1.82, 2.24) is 0 Å². The molecule has 0 rings (SSSR count). The highest BCUT2D eigenvalue weighted by atomic mass is 16.3. The van der Waals surface area contributed by atoms with Crippen LogP contribution in [-0.2, 0) is 0 Å². The van der Waals surface area contributed by atoms with Crippen molar-refractivity contribution < 1.29 is 15.3 Å². The van der Waals surface area contributed by atoms with Gasteiger partial charge in [0.05, 0.1) is 18.1 Å². The fourth-order valence-electron chi connectivity index (χ4n) is 1.37. The molecule has 0 fully saturated rings. The first-order chi connectivity index (χ1) is 6.41. The van der Waals surface area contributed by atoms with Gasteiger partial charge in [0.15, 0.2) is 0 Å². The summed E-state index contributed by atoms with van der Waals surface area (Å²) in [5.41, 5.74) is 15.9. The maximum atomic E-state index is 9.59. The minimum atomic E-state index is -1.31. The van der Waals surface area contributed by atoms with E-state index in [9.17, 15) is 15.3 Å². The number of aliphatic hydroxyl groups is 3. The summed E-state index contributed by atoms with van der Waals surface area (Å²) < 4.78 is 0. The van der Waals surface area contributed by atoms with E-state index in [0.717, 1.165) is 0 Å². The van der Waals surface area contributed by atoms with Crippen LogP contribution in [0.2, 0.25) is 0 Å². The van der Waals surface area contributed by atoms with E-state index in [0.29, 0.717) is 0 Å². The molecule has 6 nitrogen and oxygen atoms in total. The van der Waals surface area contributed by atoms with E-state index in [1.807, 2.05) is 0 Å². The zero-order valence-corrected chi connectivity index (χ0v) is 8.37. The van der Waals surface area contributed by atoms with E-state index in [2.05, 4.69) is 0 Å². The van der Waals surface area contributed by atoms with Gasteiger partial charge < -0.3 is 32.5 Å². The van der Waals surface area contributed by atoms with Gasteiger partial charge in [-0.25, -0.2) is 0 Å². The average molecular weight is 207 g/mol. The lowest BCUT2D eigenvalue weighted by Gasteiger charge is -2.31. The van der Waals surface area contributed by atoms with Crippen molar-refractivity contribution in [2.45, 2.75) is 37.8 Å². The Morgan fingerprint density at radius 2 is 1.64 bits per heavy atom. The zero-order valence-electron chi connectivity index (χ0n) is 8.37. The maximum absolute atomic E-state index is 9.59. The zero-order chi connectivity index (χ0) is 11.3. The highest BCUT2D eigenvalue weighted by Crippen LogP contribution is 2.16. The van der Waals surface area contributed by atoms with Crippen LogP contribution in [0, 0.1) is 5.92 Å². The Morgan fingerprint density at radius 1 is 1.14 bits per heavy atom. The van der Waals surface area contributed by atoms with Crippen LogP contribution in [0.3, 0.4) is 0 Å². The minimum absolute atomic E-state index is 0.260. The molecule has 0 spiro atoms. The van der Waals surface area contributed by atoms with Crippen molar-refractivity contribution in [3.05, 3.63) is 0 Å². The third kappa shape index (κ3) is 3.87. The van der Waals surface area contributed by atoms with Gasteiger partial charge in [-0.15, -0.1) is 0 Å². The molecule has 0 aliphatic carbocycles. The molecule has 0 aromatic carbocycles. The van der Waals surface area contributed by atoms with Gasteiger partial charge in [-0.1, -0.05) is 0 Å². The summed E-state index contributed by atoms with van der Waals surface area (Å²) in [6, 6.07) is -0.564. The highest BCUT2D eigenvalue weighted by molar-refractivity contribution is 4.84. The quantitative estimate of drug-likeness (QED) is 0.262. The highest BCUT2D eigenvalue weighted by Gasteiger charge is 2.33. The van der Waals surface area contributed by atoms with Crippen molar-refractivity contribution in [2.24, 2.45) is 23.1 Å². The van der Waals surface area contributed by atoms with Crippen molar-refractivity contribution in [3.8, 4) is 0 Å². The van der Waals surface area contributed by atoms with Crippen molar-refractivity contribution in [3.63, 3.8) is 0 Å². The predicted molar refractivity (Wildman–Crippen MR) is 53.0 cm³/mol. The van der Waals surface area contributed by atoms with Crippen molar-refractivity contribution >= 4 is 0 Å². The summed E-state index contributed by atoms with van der Waals surface area (Å²) in [5, 5.41) is 28.3. The van der Waals surface area contributed by atoms with Crippen molar-refractivity contribution in [2.75, 3.05) is 6.54 Å². The van der Waals surface area contributed by atoms with Gasteiger partial charge >= 0.3 is 0 Å². The third-order valence-electron chi connectivity index (χ3n) is 2.23. The first-order valence-electron chi connectivity index (χ1n) is 4.67. The molecule has 9 N–H and O–H groups in total. The first-order valence-corrected chi connectivity index (χ1v) is 4.67. The van der Waals surface area contributed by atoms with Gasteiger partial charge in [0.2, 0.25) is 0 Å². The third-order valence-corrected chi connectivity index (χ3v) is 2.23. The monoisotopic (exact) mass is 207 g/mol. The van der Waals surface area contributed by atoms with Gasteiger partial charge in [0, 0.05) is 6.04 Å². The van der Waals surface area contributed by atoms with Gasteiger partial charge in [-0.2, -0.15) is 0 Å². The van der Waals surface area contributed by atoms with Crippen LogP contribution in [-0.4, -0.2) is 46.3 Å². The van der Waals surface area contributed by atoms with Crippen LogP contribution < -0.4 is 17.2 Å². The Hall–Kier alpha value is -0.240. The topological polar surface area (TPSA) is 139 Å². The Kier molecular flexibility index (Phi) is 6.17. The summed E-state index contributed by atoms with van der Waals surface area (Å²) in [6.45, 7) is 1.84. The summed E-state index contributed by atoms with van der Waals surface area (Å²) >= 11 is 0. The maximum Gasteiger partial charge on any atom is 0.110 e. The molecule has 0 saturated heterocycles. The Morgan fingerprint density at radius 3 is 1.93 bits per heavy atom. The Labute approximate surface area is 83.7 Å². The van der Waals surface area contributed by atoms with Crippen LogP contribution in [0.5, 0.6) is 0 Å². The smallest absolute Gasteiger partial charge is 0.110 e. The van der Waals surface area contributed by atoms with E-state index in [4.69, 9.17) is 17.2 Å². The number of nitrogens with two attached hydrogens (primary N) is 3. The van der Waals surface area contributed by atoms with Gasteiger partial charge in [0.25, 0.3) is 0 Å². The lowest BCUT2D eigenvalue weighted by atomic mass is 9.89. The van der Waals surface area contributed by atoms with Crippen LogP contribution in [0.25, 0.3) is 0 Å². The average Bonchev–Trinajstić information content (AvgIpc) is 2.03. The van der Waals surface area contributed by atoms with E-state index in [-0.39, 0.29) is 13.0 Å². The lowest BCUT2D eigenvalue weighted by Crippen LogP contribution is -2.51. The SMILES string of the molecule is CC(N)C(O)C(C(N)O)C(O)CCN. The van der Waals surface area contributed by atoms with Gasteiger partial charge in [-0.05, 0) is 19.9 Å². The van der Waals surface area contributed by atoms with E-state index in [1.165, 1.54) is 0 Å². The molecule has 0 aliphatic heterocycles. The Bertz CT molecular complexity index is 155. The molecular formula is C8H21N3O3. The normalized spacial score (nSPS) is 22.5. The fourth-order valence-corrected chi connectivity index (χ4v) is 1.37. The summed E-state index contributed by atoms with van der Waals surface area (Å²) in [7, 11) is 0. The molecule has 14 heavy (non-hydrogen) atoms. The predicted octanol–water partition coefficient (Wildman–Crippen LogP) is -2.70. The molecule has 86 valence electrons. The molecule has 0 radical (unpaired) electrons. The summed E-state index contributed by atoms with van der Waals surface area (Å²) in [6.07, 6.45) is -3.03. The number of rotatable bonds is 6. The second-order valence-electron chi connectivity index (χ2n) is 3.56. The second kappa shape index (κ2) is 6.28. The molecule has 0 bridgehead atoms. The first kappa shape index (κ1) is 13.8. The molecular weight excluding hydrogens is 186 g/mol. The summed E-state index contributed by atoms with van der Waals surface area (Å²) in [4.78, 5) is 0. The standard InChI is InChI=1S/C8H21N3O3/c1-4(10)7(13)6(8(11)14)5(12)2-3-9/h4-8,12-14H,2-3,9-11H2,1H3. The summed E-state index contributed by atoms with van der Waals surface area (Å²) in [5.74, 6) is -0.862. The molecule has 5 unspecified atom stereocenters. The second-order valence-corrected chi connectivity index (χ2v) is 3.56. The lowest BCUT2D eigenvalue weighted by molar-refractivity contribution is -0.0627. The molecule has 0 aromatic rings. The minimum Gasteiger partial charge on any atom is -0.393 e. The fraction of sp³-hybridized carbons (Fsp3) is 1.00. The van der Waals surface area contributed by atoms with Gasteiger partial charge in [-0.3, -0.25) is 0 Å². The van der Waals surface area contributed by atoms with E-state index < -0.39 is 30.4 Å². The molecule has 6 heteroatoms. The molecule has 0 aliphatic rings. The van der Waals surface area contributed by atoms with Crippen LogP contribution >= 0.6 is 0 Å². The van der Waals surface area contributed by atoms with Crippen molar-refractivity contribution in [1.29, 1.82) is 0 Å². The number of aliphatic hydroxyl groups excluding tert-OH is 3. The molecule has 5 atom stereocenters. The molecule has 0 heterocycles. The van der Waals surface area contributed by atoms with Gasteiger partial charge in [0.1, 0.15) is 6.23 Å². The van der Waals surface area contributed by atoms with Crippen LogP contribution in [0.4, 0.5) is 0 Å². The Balaban J connectivity index is 4.42. The number of hydrogen-bond donors (Lipinski definition) is 6. The van der Waals surface area contributed by atoms with E-state index >= 15 is 0 Å². The molecule has 0 saturated carbocycles. The van der Waals surface area contributed by atoms with Crippen LogP contribution in [0.1, 0.15) is 13.3 Å². The van der Waals surface area contributed by atoms with Crippen LogP contribution in [0.15, 0.2) is 0 Å². The largest absolute Gasteiger partial charge is 0.393 e.